The molecule has 0 bridgehead atoms. The summed E-state index contributed by atoms with van der Waals surface area (Å²) < 4.78 is 82.9. The number of nitrogens with one attached hydrogen (secondary N) is 1. The van der Waals surface area contributed by atoms with Gasteiger partial charge in [-0.2, -0.15) is 26.3 Å². The number of ether oxygens (including phenoxy) is 1. The molecule has 0 aliphatic carbocycles. The first kappa shape index (κ1) is 26.5. The Balaban J connectivity index is 1.69. The van der Waals surface area contributed by atoms with Gasteiger partial charge in [-0.1, -0.05) is 17.7 Å². The van der Waals surface area contributed by atoms with Crippen LogP contribution >= 0.6 is 11.6 Å². The molecule has 3 rings (SSSR count). The summed E-state index contributed by atoms with van der Waals surface area (Å²) in [5, 5.41) is 12.3. The van der Waals surface area contributed by atoms with Crippen molar-refractivity contribution in [2.24, 2.45) is 0 Å². The lowest BCUT2D eigenvalue weighted by Gasteiger charge is -2.37. The molecule has 2 aromatic rings. The number of alkyl halides is 6. The lowest BCUT2D eigenvalue weighted by molar-refractivity contribution is -0.143. The van der Waals surface area contributed by atoms with E-state index in [-0.39, 0.29) is 35.2 Å². The second kappa shape index (κ2) is 9.84. The largest absolute Gasteiger partial charge is 0.465 e. The van der Waals surface area contributed by atoms with Gasteiger partial charge in [0, 0.05) is 17.5 Å². The molecule has 1 aliphatic rings. The molecule has 13 heteroatoms. The molecule has 0 saturated carbocycles. The molecule has 0 spiro atoms. The highest BCUT2D eigenvalue weighted by Gasteiger charge is 2.37. The third-order valence-corrected chi connectivity index (χ3v) is 5.65. The molecule has 6 nitrogen and oxygen atoms in total. The molecule has 0 saturated heterocycles. The molecule has 2 atom stereocenters. The van der Waals surface area contributed by atoms with E-state index in [1.165, 1.54) is 12.1 Å². The van der Waals surface area contributed by atoms with Crippen LogP contribution in [0.5, 0.6) is 0 Å². The summed E-state index contributed by atoms with van der Waals surface area (Å²) >= 11 is 5.98. The standard InChI is InChI=1S/C22H19ClF6N2O4/c1-11-6-17(16-3-2-15(23)10-18(16)31(11)20(33)34)30-19(32)35-5-4-12-7-13(21(24,25)26)9-14(8-12)22(27,28)29/h2-3,7-11,17H,4-6H2,1H3,(H,30,32)(H,33,34)/t11-,17+/m1/s1. The number of anilines is 1. The Morgan fingerprint density at radius 1 is 1.09 bits per heavy atom. The predicted molar refractivity (Wildman–Crippen MR) is 113 cm³/mol. The van der Waals surface area contributed by atoms with Crippen LogP contribution in [0.15, 0.2) is 36.4 Å². The fourth-order valence-corrected chi connectivity index (χ4v) is 4.03. The minimum absolute atomic E-state index is 0.0193. The first-order chi connectivity index (χ1) is 16.2. The first-order valence-electron chi connectivity index (χ1n) is 10.2. The molecule has 0 unspecified atom stereocenters. The Kier molecular flexibility index (Phi) is 7.44. The fourth-order valence-electron chi connectivity index (χ4n) is 3.87. The number of benzene rings is 2. The van der Waals surface area contributed by atoms with Crippen molar-refractivity contribution in [2.75, 3.05) is 11.5 Å². The van der Waals surface area contributed by atoms with Crippen LogP contribution in [0.3, 0.4) is 0 Å². The van der Waals surface area contributed by atoms with Gasteiger partial charge >= 0.3 is 24.5 Å². The van der Waals surface area contributed by atoms with Gasteiger partial charge < -0.3 is 15.2 Å². The quantitative estimate of drug-likeness (QED) is 0.438. The maximum Gasteiger partial charge on any atom is 0.416 e. The normalized spacial score (nSPS) is 18.1. The van der Waals surface area contributed by atoms with Gasteiger partial charge in [-0.05, 0) is 54.8 Å². The Labute approximate surface area is 200 Å². The van der Waals surface area contributed by atoms with Crippen LogP contribution < -0.4 is 10.2 Å². The summed E-state index contributed by atoms with van der Waals surface area (Å²) in [4.78, 5) is 25.1. The highest BCUT2D eigenvalue weighted by atomic mass is 35.5. The lowest BCUT2D eigenvalue weighted by atomic mass is 9.92. The van der Waals surface area contributed by atoms with E-state index >= 15 is 0 Å². The highest BCUT2D eigenvalue weighted by molar-refractivity contribution is 6.31. The zero-order valence-corrected chi connectivity index (χ0v) is 18.8. The number of carboxylic acid groups (broad SMARTS) is 1. The summed E-state index contributed by atoms with van der Waals surface area (Å²) in [5.41, 5.74) is -2.48. The number of hydrogen-bond donors (Lipinski definition) is 2. The highest BCUT2D eigenvalue weighted by Crippen LogP contribution is 2.39. The lowest BCUT2D eigenvalue weighted by Crippen LogP contribution is -2.45. The van der Waals surface area contributed by atoms with Crippen molar-refractivity contribution in [2.45, 2.75) is 44.2 Å². The number of rotatable bonds is 4. The predicted octanol–water partition coefficient (Wildman–Crippen LogP) is 6.66. The van der Waals surface area contributed by atoms with Gasteiger partial charge in [0.2, 0.25) is 0 Å². The van der Waals surface area contributed by atoms with Gasteiger partial charge in [-0.15, -0.1) is 0 Å². The van der Waals surface area contributed by atoms with E-state index in [2.05, 4.69) is 5.32 Å². The smallest absolute Gasteiger partial charge is 0.416 e. The number of carbonyl (C=O) groups excluding carboxylic acids is 1. The number of hydrogen-bond acceptors (Lipinski definition) is 3. The third-order valence-electron chi connectivity index (χ3n) is 5.41. The molecular formula is C22H19ClF6N2O4. The molecule has 2 N–H and O–H groups in total. The Bertz CT molecular complexity index is 1090. The van der Waals surface area contributed by atoms with Gasteiger partial charge in [0.05, 0.1) is 29.5 Å². The van der Waals surface area contributed by atoms with Crippen LogP contribution in [-0.2, 0) is 23.5 Å². The zero-order valence-electron chi connectivity index (χ0n) is 18.0. The van der Waals surface area contributed by atoms with Crippen molar-refractivity contribution in [3.63, 3.8) is 0 Å². The van der Waals surface area contributed by atoms with Crippen molar-refractivity contribution in [1.29, 1.82) is 0 Å². The molecule has 1 heterocycles. The second-order valence-electron chi connectivity index (χ2n) is 7.94. The summed E-state index contributed by atoms with van der Waals surface area (Å²) in [7, 11) is 0. The van der Waals surface area contributed by atoms with Crippen LogP contribution in [0.4, 0.5) is 41.6 Å². The van der Waals surface area contributed by atoms with Gasteiger partial charge in [0.25, 0.3) is 0 Å². The average Bonchev–Trinajstić information content (AvgIpc) is 2.71. The summed E-state index contributed by atoms with van der Waals surface area (Å²) in [5.74, 6) is 0. The van der Waals surface area contributed by atoms with Gasteiger partial charge in [-0.25, -0.2) is 9.59 Å². The van der Waals surface area contributed by atoms with E-state index in [9.17, 15) is 41.0 Å². The van der Waals surface area contributed by atoms with E-state index in [4.69, 9.17) is 16.3 Å². The van der Waals surface area contributed by atoms with E-state index in [1.807, 2.05) is 0 Å². The Hall–Kier alpha value is -3.15. The van der Waals surface area contributed by atoms with Crippen LogP contribution in [0.2, 0.25) is 5.02 Å². The number of fused-ring (bicyclic) bond motifs is 1. The number of alkyl carbamates (subject to hydrolysis) is 1. The van der Waals surface area contributed by atoms with Crippen LogP contribution in [-0.4, -0.2) is 29.9 Å². The molecule has 2 amide bonds. The van der Waals surface area contributed by atoms with Crippen molar-refractivity contribution < 1.29 is 45.8 Å². The Morgan fingerprint density at radius 2 is 1.69 bits per heavy atom. The van der Waals surface area contributed by atoms with Crippen molar-refractivity contribution in [1.82, 2.24) is 5.32 Å². The minimum Gasteiger partial charge on any atom is -0.465 e. The van der Waals surface area contributed by atoms with Crippen molar-refractivity contribution >= 4 is 29.5 Å². The minimum atomic E-state index is -4.98. The molecule has 1 aliphatic heterocycles. The van der Waals surface area contributed by atoms with Gasteiger partial charge in [-0.3, -0.25) is 4.90 Å². The summed E-state index contributed by atoms with van der Waals surface area (Å²) in [6, 6.07) is 4.46. The molecular weight excluding hydrogens is 506 g/mol. The number of nitrogens with zero attached hydrogens (tertiary/aromatic N) is 1. The van der Waals surface area contributed by atoms with Gasteiger partial charge in [0.1, 0.15) is 0 Å². The third kappa shape index (κ3) is 6.30. The Morgan fingerprint density at radius 3 is 2.23 bits per heavy atom. The molecule has 0 aromatic heterocycles. The fraction of sp³-hybridized carbons (Fsp3) is 0.364. The van der Waals surface area contributed by atoms with Crippen molar-refractivity contribution in [3.8, 4) is 0 Å². The van der Waals surface area contributed by atoms with E-state index in [0.717, 1.165) is 4.90 Å². The zero-order chi connectivity index (χ0) is 26.1. The van der Waals surface area contributed by atoms with E-state index < -0.39 is 54.4 Å². The van der Waals surface area contributed by atoms with Crippen LogP contribution in [0.25, 0.3) is 0 Å². The molecule has 190 valence electrons. The number of carbonyl (C=O) groups is 2. The van der Waals surface area contributed by atoms with Crippen molar-refractivity contribution in [3.05, 3.63) is 63.7 Å². The molecule has 0 fully saturated rings. The van der Waals surface area contributed by atoms with E-state index in [1.54, 1.807) is 13.0 Å². The summed E-state index contributed by atoms with van der Waals surface area (Å²) in [6.07, 6.45) is -12.3. The topological polar surface area (TPSA) is 78.9 Å². The maximum atomic E-state index is 13.0. The van der Waals surface area contributed by atoms with Crippen LogP contribution in [0.1, 0.15) is 41.6 Å². The molecule has 35 heavy (non-hydrogen) atoms. The monoisotopic (exact) mass is 524 g/mol. The van der Waals surface area contributed by atoms with E-state index in [0.29, 0.717) is 17.7 Å². The van der Waals surface area contributed by atoms with Gasteiger partial charge in [0.15, 0.2) is 0 Å². The SMILES string of the molecule is C[C@@H]1C[C@H](NC(=O)OCCc2cc(C(F)(F)F)cc(C(F)(F)F)c2)c2ccc(Cl)cc2N1C(=O)O. The average molecular weight is 525 g/mol. The number of halogens is 7. The number of amides is 2. The molecule has 2 aromatic carbocycles. The molecule has 0 radical (unpaired) electrons. The van der Waals surface area contributed by atoms with Crippen LogP contribution in [0, 0.1) is 0 Å². The maximum absolute atomic E-state index is 13.0. The summed E-state index contributed by atoms with van der Waals surface area (Å²) in [6.45, 7) is 1.14. The first-order valence-corrected chi connectivity index (χ1v) is 10.6. The second-order valence-corrected chi connectivity index (χ2v) is 8.37.